The van der Waals surface area contributed by atoms with Gasteiger partial charge in [-0.15, -0.1) is 0 Å². The van der Waals surface area contributed by atoms with E-state index in [1.807, 2.05) is 40.4 Å². The molecule has 3 aliphatic rings. The Hall–Kier alpha value is -3.29. The van der Waals surface area contributed by atoms with E-state index in [9.17, 15) is 8.42 Å². The summed E-state index contributed by atoms with van der Waals surface area (Å²) in [6, 6.07) is 8.39. The molecule has 13 heteroatoms. The first-order valence-electron chi connectivity index (χ1n) is 13.1. The monoisotopic (exact) mass is 538 g/mol. The van der Waals surface area contributed by atoms with Crippen LogP contribution in [0.25, 0.3) is 28.1 Å². The third kappa shape index (κ3) is 3.83. The van der Waals surface area contributed by atoms with Gasteiger partial charge in [-0.25, -0.2) is 13.4 Å². The van der Waals surface area contributed by atoms with Crippen LogP contribution in [0.2, 0.25) is 0 Å². The smallest absolute Gasteiger partial charge is 0.298 e. The molecule has 12 nitrogen and oxygen atoms in total. The van der Waals surface area contributed by atoms with Gasteiger partial charge < -0.3 is 14.4 Å². The zero-order chi connectivity index (χ0) is 26.0. The normalized spacial score (nSPS) is 19.4. The number of morpholine rings is 1. The van der Waals surface area contributed by atoms with Crippen LogP contribution in [-0.4, -0.2) is 92.5 Å². The first-order valence-corrected chi connectivity index (χ1v) is 14.6. The van der Waals surface area contributed by atoms with Gasteiger partial charge >= 0.3 is 0 Å². The van der Waals surface area contributed by atoms with E-state index in [0.29, 0.717) is 62.5 Å². The summed E-state index contributed by atoms with van der Waals surface area (Å²) >= 11 is 0. The lowest BCUT2D eigenvalue weighted by Gasteiger charge is -2.37. The summed E-state index contributed by atoms with van der Waals surface area (Å²) in [4.78, 5) is 21.8. The van der Waals surface area contributed by atoms with E-state index in [1.165, 1.54) is 4.31 Å². The molecule has 0 spiro atoms. The van der Waals surface area contributed by atoms with Gasteiger partial charge in [-0.05, 0) is 25.0 Å². The number of aryl methyl sites for hydroxylation is 2. The van der Waals surface area contributed by atoms with Gasteiger partial charge in [0.25, 0.3) is 6.01 Å². The van der Waals surface area contributed by atoms with Crippen molar-refractivity contribution in [3.63, 3.8) is 0 Å². The molecule has 3 aromatic heterocycles. The van der Waals surface area contributed by atoms with Crippen LogP contribution in [0, 0.1) is 0 Å². The fourth-order valence-electron chi connectivity index (χ4n) is 5.16. The molecule has 1 aliphatic carbocycles. The second kappa shape index (κ2) is 8.89. The predicted octanol–water partition coefficient (Wildman–Crippen LogP) is 1.66. The van der Waals surface area contributed by atoms with E-state index >= 15 is 0 Å². The Morgan fingerprint density at radius 1 is 1.05 bits per heavy atom. The molecule has 0 unspecified atom stereocenters. The summed E-state index contributed by atoms with van der Waals surface area (Å²) in [5.41, 5.74) is 3.14. The Bertz CT molecular complexity index is 1630. The molecule has 1 aromatic carbocycles. The molecule has 0 amide bonds. The van der Waals surface area contributed by atoms with Crippen LogP contribution in [0.4, 0.5) is 5.82 Å². The Morgan fingerprint density at radius 2 is 1.82 bits per heavy atom. The first-order chi connectivity index (χ1) is 18.4. The van der Waals surface area contributed by atoms with Gasteiger partial charge in [-0.2, -0.15) is 19.3 Å². The van der Waals surface area contributed by atoms with Gasteiger partial charge in [0, 0.05) is 26.6 Å². The molecule has 0 N–H and O–H groups in total. The van der Waals surface area contributed by atoms with Crippen LogP contribution in [-0.2, 0) is 28.2 Å². The Morgan fingerprint density at radius 3 is 2.55 bits per heavy atom. The number of fused-ring (bicyclic) bond motifs is 2. The summed E-state index contributed by atoms with van der Waals surface area (Å²) in [5, 5.41) is -0.212. The molecule has 1 saturated carbocycles. The number of sulfonamides is 1. The number of imidazole rings is 2. The zero-order valence-electron chi connectivity index (χ0n) is 21.4. The predicted molar refractivity (Wildman–Crippen MR) is 141 cm³/mol. The molecule has 5 heterocycles. The lowest BCUT2D eigenvalue weighted by molar-refractivity contribution is 0.0653. The van der Waals surface area contributed by atoms with Gasteiger partial charge in [-0.3, -0.25) is 9.13 Å². The maximum atomic E-state index is 12.5. The van der Waals surface area contributed by atoms with Crippen molar-refractivity contribution in [1.29, 1.82) is 0 Å². The van der Waals surface area contributed by atoms with E-state index < -0.39 is 10.0 Å². The fourth-order valence-corrected chi connectivity index (χ4v) is 7.06. The third-order valence-corrected chi connectivity index (χ3v) is 9.83. The van der Waals surface area contributed by atoms with Crippen LogP contribution in [0.5, 0.6) is 6.01 Å². The molecular formula is C25H30N8O4S. The minimum atomic E-state index is -3.19. The second-order valence-corrected chi connectivity index (χ2v) is 12.3. The zero-order valence-corrected chi connectivity index (χ0v) is 22.3. The van der Waals surface area contributed by atoms with Crippen molar-refractivity contribution in [2.45, 2.75) is 37.5 Å². The standard InChI is InChI=1S/C25H30N8O4S/c1-3-20-26-18-6-4-5-7-19(18)33(20)24-28-22-21(23(29-24)31-10-12-36-13-11-31)27-25(30(22)2)37-16-14-32(15-16)38(34,35)17-8-9-17/h4-7,16-17H,3,8-15H2,1-2H3. The maximum absolute atomic E-state index is 12.5. The lowest BCUT2D eigenvalue weighted by Crippen LogP contribution is -2.57. The number of hydrogen-bond acceptors (Lipinski definition) is 9. The molecule has 0 radical (unpaired) electrons. The number of anilines is 1. The molecule has 3 fully saturated rings. The van der Waals surface area contributed by atoms with Crippen LogP contribution >= 0.6 is 0 Å². The van der Waals surface area contributed by atoms with Crippen molar-refractivity contribution in [1.82, 2.24) is 33.4 Å². The van der Waals surface area contributed by atoms with Gasteiger partial charge in [0.05, 0.1) is 42.6 Å². The molecule has 38 heavy (non-hydrogen) atoms. The number of rotatable bonds is 7. The highest BCUT2D eigenvalue weighted by molar-refractivity contribution is 7.90. The third-order valence-electron chi connectivity index (χ3n) is 7.50. The van der Waals surface area contributed by atoms with Gasteiger partial charge in [0.2, 0.25) is 16.0 Å². The SMILES string of the molecule is CCc1nc2ccccc2n1-c1nc(N2CCOCC2)c2nc(OC3CN(S(=O)(=O)C4CC4)C3)n(C)c2n1. The van der Waals surface area contributed by atoms with Crippen LogP contribution in [0.3, 0.4) is 0 Å². The number of hydrogen-bond donors (Lipinski definition) is 0. The molecular weight excluding hydrogens is 508 g/mol. The summed E-state index contributed by atoms with van der Waals surface area (Å²) < 4.78 is 42.2. The Kier molecular flexibility index (Phi) is 5.57. The molecule has 7 rings (SSSR count). The molecule has 2 saturated heterocycles. The average molecular weight is 539 g/mol. The summed E-state index contributed by atoms with van der Waals surface area (Å²) in [6.07, 6.45) is 1.99. The van der Waals surface area contributed by atoms with Gasteiger partial charge in [-0.1, -0.05) is 19.1 Å². The van der Waals surface area contributed by atoms with Crippen molar-refractivity contribution in [2.75, 3.05) is 44.3 Å². The van der Waals surface area contributed by atoms with E-state index in [0.717, 1.165) is 41.9 Å². The molecule has 0 atom stereocenters. The second-order valence-electron chi connectivity index (χ2n) is 10.1. The number of ether oxygens (including phenoxy) is 2. The van der Waals surface area contributed by atoms with E-state index in [1.54, 1.807) is 0 Å². The lowest BCUT2D eigenvalue weighted by atomic mass is 10.2. The first kappa shape index (κ1) is 23.8. The largest absolute Gasteiger partial charge is 0.458 e. The maximum Gasteiger partial charge on any atom is 0.298 e. The van der Waals surface area contributed by atoms with Crippen molar-refractivity contribution in [3.05, 3.63) is 30.1 Å². The number of para-hydroxylation sites is 2. The number of benzene rings is 1. The van der Waals surface area contributed by atoms with Crippen molar-refractivity contribution in [3.8, 4) is 12.0 Å². The fraction of sp³-hybridized carbons (Fsp3) is 0.520. The highest BCUT2D eigenvalue weighted by Gasteiger charge is 2.46. The Balaban J connectivity index is 1.29. The van der Waals surface area contributed by atoms with Crippen molar-refractivity contribution >= 4 is 38.0 Å². The average Bonchev–Trinajstić information content (AvgIpc) is 3.64. The number of nitrogens with zero attached hydrogens (tertiary/aromatic N) is 8. The molecule has 2 aliphatic heterocycles. The highest BCUT2D eigenvalue weighted by Crippen LogP contribution is 2.35. The van der Waals surface area contributed by atoms with Crippen LogP contribution in [0.15, 0.2) is 24.3 Å². The number of aromatic nitrogens is 6. The quantitative estimate of drug-likeness (QED) is 0.346. The van der Waals surface area contributed by atoms with E-state index in [2.05, 4.69) is 11.8 Å². The van der Waals surface area contributed by atoms with Crippen molar-refractivity contribution < 1.29 is 17.9 Å². The van der Waals surface area contributed by atoms with E-state index in [4.69, 9.17) is 29.4 Å². The van der Waals surface area contributed by atoms with Gasteiger partial charge in [0.15, 0.2) is 17.0 Å². The topological polar surface area (TPSA) is 121 Å². The summed E-state index contributed by atoms with van der Waals surface area (Å²) in [6.45, 7) is 5.37. The minimum Gasteiger partial charge on any atom is -0.458 e. The highest BCUT2D eigenvalue weighted by atomic mass is 32.2. The summed E-state index contributed by atoms with van der Waals surface area (Å²) in [7, 11) is -1.32. The Labute approximate surface area is 220 Å². The molecule has 0 bridgehead atoms. The minimum absolute atomic E-state index is 0.212. The van der Waals surface area contributed by atoms with Crippen LogP contribution < -0.4 is 9.64 Å². The van der Waals surface area contributed by atoms with E-state index in [-0.39, 0.29) is 11.4 Å². The summed E-state index contributed by atoms with van der Waals surface area (Å²) in [5.74, 6) is 2.14. The van der Waals surface area contributed by atoms with Crippen LogP contribution in [0.1, 0.15) is 25.6 Å². The van der Waals surface area contributed by atoms with Gasteiger partial charge in [0.1, 0.15) is 11.9 Å². The molecule has 4 aromatic rings. The van der Waals surface area contributed by atoms with Crippen molar-refractivity contribution in [2.24, 2.45) is 7.05 Å². The molecule has 200 valence electrons.